The van der Waals surface area contributed by atoms with Crippen molar-refractivity contribution in [2.45, 2.75) is 25.8 Å². The maximum atomic E-state index is 14.0. The predicted octanol–water partition coefficient (Wildman–Crippen LogP) is 2.91. The van der Waals surface area contributed by atoms with Gasteiger partial charge >= 0.3 is 0 Å². The van der Waals surface area contributed by atoms with E-state index in [9.17, 15) is 4.79 Å². The summed E-state index contributed by atoms with van der Waals surface area (Å²) < 4.78 is 3.68. The largest absolute Gasteiger partial charge is 0.348 e. The summed E-state index contributed by atoms with van der Waals surface area (Å²) in [6.45, 7) is 3.60. The minimum Gasteiger partial charge on any atom is -0.348 e. The van der Waals surface area contributed by atoms with Crippen LogP contribution in [-0.2, 0) is 12.8 Å². The van der Waals surface area contributed by atoms with Gasteiger partial charge < -0.3 is 14.8 Å². The molecule has 35 heavy (non-hydrogen) atoms. The molecule has 0 spiro atoms. The highest BCUT2D eigenvalue weighted by Gasteiger charge is 2.37. The number of hydrogen-bond acceptors (Lipinski definition) is 5. The van der Waals surface area contributed by atoms with E-state index in [0.29, 0.717) is 12.1 Å². The summed E-state index contributed by atoms with van der Waals surface area (Å²) in [5, 5.41) is 9.36. The lowest BCUT2D eigenvalue weighted by Gasteiger charge is -2.33. The normalized spacial score (nSPS) is 15.9. The number of fused-ring (bicyclic) bond motifs is 3. The van der Waals surface area contributed by atoms with Crippen LogP contribution in [0.15, 0.2) is 55.2 Å². The Bertz CT molecular complexity index is 1540. The second-order valence-corrected chi connectivity index (χ2v) is 9.49. The zero-order valence-electron chi connectivity index (χ0n) is 20.1. The standard InChI is InChI=1S/C26H28N8O/c1-17-5-4-10-33-23(17)13-21(30-33)25-24-20(27-16-28-24)9-12-32(25)26(35)19-14-29-34-15-18(6-7-22(19)34)8-11-31(2)3/h4-7,10,13-16,25H,8-9,11-12H2,1-3H3,(H,27,28). The van der Waals surface area contributed by atoms with Crippen molar-refractivity contribution in [3.05, 3.63) is 89.0 Å². The molecule has 9 nitrogen and oxygen atoms in total. The SMILES string of the molecule is Cc1cccn2nc(C3c4nc[nH]c4CCN3C(=O)c3cnn4cc(CCN(C)C)ccc34)cc12. The van der Waals surface area contributed by atoms with Gasteiger partial charge in [-0.2, -0.15) is 10.2 Å². The molecule has 1 aliphatic heterocycles. The van der Waals surface area contributed by atoms with E-state index in [-0.39, 0.29) is 11.9 Å². The molecule has 0 saturated heterocycles. The smallest absolute Gasteiger partial charge is 0.258 e. The van der Waals surface area contributed by atoms with E-state index < -0.39 is 0 Å². The molecule has 0 fully saturated rings. The minimum atomic E-state index is -0.369. The molecule has 1 aliphatic rings. The number of aryl methyl sites for hydroxylation is 1. The van der Waals surface area contributed by atoms with Gasteiger partial charge in [-0.25, -0.2) is 14.0 Å². The molecule has 6 heterocycles. The third kappa shape index (κ3) is 3.68. The van der Waals surface area contributed by atoms with Gasteiger partial charge in [0, 0.05) is 37.6 Å². The number of nitrogens with zero attached hydrogens (tertiary/aromatic N) is 7. The summed E-state index contributed by atoms with van der Waals surface area (Å²) in [5.74, 6) is -0.0616. The molecular formula is C26H28N8O. The average Bonchev–Trinajstić information content (AvgIpc) is 3.59. The Kier molecular flexibility index (Phi) is 5.14. The maximum absolute atomic E-state index is 14.0. The first-order valence-electron chi connectivity index (χ1n) is 11.9. The lowest BCUT2D eigenvalue weighted by molar-refractivity contribution is 0.0689. The Hall–Kier alpha value is -3.98. The lowest BCUT2D eigenvalue weighted by atomic mass is 9.98. The van der Waals surface area contributed by atoms with E-state index in [1.807, 2.05) is 38.5 Å². The summed E-state index contributed by atoms with van der Waals surface area (Å²) in [4.78, 5) is 25.9. The zero-order valence-corrected chi connectivity index (χ0v) is 20.1. The summed E-state index contributed by atoms with van der Waals surface area (Å²) in [7, 11) is 4.13. The monoisotopic (exact) mass is 468 g/mol. The van der Waals surface area contributed by atoms with Gasteiger partial charge in [-0.15, -0.1) is 0 Å². The van der Waals surface area contributed by atoms with Crippen LogP contribution in [0.5, 0.6) is 0 Å². The van der Waals surface area contributed by atoms with Gasteiger partial charge in [0.2, 0.25) is 0 Å². The topological polar surface area (TPSA) is 86.8 Å². The average molecular weight is 469 g/mol. The lowest BCUT2D eigenvalue weighted by Crippen LogP contribution is -2.41. The van der Waals surface area contributed by atoms with Crippen molar-refractivity contribution < 1.29 is 4.79 Å². The highest BCUT2D eigenvalue weighted by atomic mass is 16.2. The van der Waals surface area contributed by atoms with Gasteiger partial charge in [0.15, 0.2) is 0 Å². The van der Waals surface area contributed by atoms with Crippen molar-refractivity contribution in [1.29, 1.82) is 0 Å². The number of H-pyrrole nitrogens is 1. The summed E-state index contributed by atoms with van der Waals surface area (Å²) in [6, 6.07) is 9.83. The van der Waals surface area contributed by atoms with Crippen LogP contribution >= 0.6 is 0 Å². The number of carbonyl (C=O) groups excluding carboxylic acids is 1. The van der Waals surface area contributed by atoms with Crippen LogP contribution in [-0.4, -0.2) is 72.1 Å². The number of carbonyl (C=O) groups is 1. The molecule has 1 atom stereocenters. The summed E-state index contributed by atoms with van der Waals surface area (Å²) in [5.41, 5.74) is 7.46. The molecule has 0 radical (unpaired) electrons. The van der Waals surface area contributed by atoms with Crippen molar-refractivity contribution in [2.75, 3.05) is 27.2 Å². The van der Waals surface area contributed by atoms with Crippen LogP contribution in [0.2, 0.25) is 0 Å². The first kappa shape index (κ1) is 21.5. The molecule has 5 aromatic heterocycles. The van der Waals surface area contributed by atoms with Crippen molar-refractivity contribution >= 4 is 16.9 Å². The number of nitrogens with one attached hydrogen (secondary N) is 1. The van der Waals surface area contributed by atoms with E-state index in [2.05, 4.69) is 59.2 Å². The Morgan fingerprint density at radius 2 is 2.09 bits per heavy atom. The number of aromatic nitrogens is 6. The van der Waals surface area contributed by atoms with Crippen molar-refractivity contribution in [2.24, 2.45) is 0 Å². The summed E-state index contributed by atoms with van der Waals surface area (Å²) in [6.07, 6.45) is 8.98. The Balaban J connectivity index is 1.39. The van der Waals surface area contributed by atoms with Gasteiger partial charge in [-0.05, 0) is 56.8 Å². The molecule has 0 aliphatic carbocycles. The second-order valence-electron chi connectivity index (χ2n) is 9.49. The van der Waals surface area contributed by atoms with Crippen LogP contribution < -0.4 is 0 Å². The Morgan fingerprint density at radius 3 is 2.91 bits per heavy atom. The number of aromatic amines is 1. The molecule has 178 valence electrons. The molecular weight excluding hydrogens is 440 g/mol. The highest BCUT2D eigenvalue weighted by Crippen LogP contribution is 2.35. The third-order valence-corrected chi connectivity index (χ3v) is 6.85. The predicted molar refractivity (Wildman–Crippen MR) is 133 cm³/mol. The number of pyridine rings is 2. The van der Waals surface area contributed by atoms with Crippen molar-refractivity contribution in [3.8, 4) is 0 Å². The van der Waals surface area contributed by atoms with Gasteiger partial charge in [-0.3, -0.25) is 4.79 Å². The van der Waals surface area contributed by atoms with Crippen LogP contribution in [0.3, 0.4) is 0 Å². The zero-order chi connectivity index (χ0) is 24.1. The quantitative estimate of drug-likeness (QED) is 0.429. The number of amides is 1. The van der Waals surface area contributed by atoms with E-state index in [4.69, 9.17) is 5.10 Å². The Labute approximate surface area is 203 Å². The highest BCUT2D eigenvalue weighted by molar-refractivity contribution is 6.01. The second kappa shape index (κ2) is 8.35. The first-order valence-corrected chi connectivity index (χ1v) is 11.9. The third-order valence-electron chi connectivity index (χ3n) is 6.85. The molecule has 0 saturated carbocycles. The maximum Gasteiger partial charge on any atom is 0.258 e. The van der Waals surface area contributed by atoms with Crippen LogP contribution in [0.25, 0.3) is 11.0 Å². The van der Waals surface area contributed by atoms with Gasteiger partial charge in [-0.1, -0.05) is 12.1 Å². The van der Waals surface area contributed by atoms with E-state index in [1.54, 1.807) is 12.5 Å². The first-order chi connectivity index (χ1) is 17.0. The molecule has 1 unspecified atom stereocenters. The summed E-state index contributed by atoms with van der Waals surface area (Å²) >= 11 is 0. The Morgan fingerprint density at radius 1 is 1.20 bits per heavy atom. The molecule has 0 bridgehead atoms. The molecule has 5 aromatic rings. The van der Waals surface area contributed by atoms with Crippen molar-refractivity contribution in [1.82, 2.24) is 39.0 Å². The fraction of sp³-hybridized carbons (Fsp3) is 0.308. The van der Waals surface area contributed by atoms with E-state index >= 15 is 0 Å². The van der Waals surface area contributed by atoms with Gasteiger partial charge in [0.05, 0.1) is 40.5 Å². The fourth-order valence-corrected chi connectivity index (χ4v) is 4.95. The number of imidazole rings is 1. The van der Waals surface area contributed by atoms with E-state index in [1.165, 1.54) is 5.56 Å². The number of likely N-dealkylation sites (N-methyl/N-ethyl adjacent to an activating group) is 1. The minimum absolute atomic E-state index is 0.0616. The molecule has 0 aromatic carbocycles. The van der Waals surface area contributed by atoms with Crippen LogP contribution in [0.4, 0.5) is 0 Å². The van der Waals surface area contributed by atoms with Gasteiger partial charge in [0.1, 0.15) is 6.04 Å². The van der Waals surface area contributed by atoms with Crippen LogP contribution in [0, 0.1) is 6.92 Å². The molecule has 1 N–H and O–H groups in total. The molecule has 6 rings (SSSR count). The number of rotatable bonds is 5. The fourth-order valence-electron chi connectivity index (χ4n) is 4.95. The molecule has 1 amide bonds. The van der Waals surface area contributed by atoms with Crippen LogP contribution in [0.1, 0.15) is 44.6 Å². The van der Waals surface area contributed by atoms with E-state index in [0.717, 1.165) is 53.1 Å². The van der Waals surface area contributed by atoms with Crippen molar-refractivity contribution in [3.63, 3.8) is 0 Å². The number of hydrogen-bond donors (Lipinski definition) is 1. The van der Waals surface area contributed by atoms with Gasteiger partial charge in [0.25, 0.3) is 5.91 Å². The molecule has 9 heteroatoms.